The van der Waals surface area contributed by atoms with Gasteiger partial charge >= 0.3 is 0 Å². The predicted octanol–water partition coefficient (Wildman–Crippen LogP) is 1.88. The van der Waals surface area contributed by atoms with E-state index in [-0.39, 0.29) is 18.0 Å². The van der Waals surface area contributed by atoms with Gasteiger partial charge < -0.3 is 10.1 Å². The Morgan fingerprint density at radius 3 is 2.72 bits per heavy atom. The molecule has 4 aromatic rings. The normalized spacial score (nSPS) is 10.8. The van der Waals surface area contributed by atoms with E-state index in [1.54, 1.807) is 13.2 Å². The summed E-state index contributed by atoms with van der Waals surface area (Å²) in [5.74, 6) is 0.407. The number of amides is 1. The zero-order chi connectivity index (χ0) is 20.2. The summed E-state index contributed by atoms with van der Waals surface area (Å²) in [5, 5.41) is 11.2. The van der Waals surface area contributed by atoms with Crippen molar-refractivity contribution in [2.45, 2.75) is 13.1 Å². The number of ether oxygens (including phenoxy) is 1. The van der Waals surface area contributed by atoms with Crippen LogP contribution in [-0.2, 0) is 17.9 Å². The lowest BCUT2D eigenvalue weighted by Gasteiger charge is -2.08. The maximum absolute atomic E-state index is 12.7. The van der Waals surface area contributed by atoms with E-state index in [0.717, 1.165) is 21.6 Å². The van der Waals surface area contributed by atoms with E-state index < -0.39 is 0 Å². The molecule has 0 saturated carbocycles. The number of carbonyl (C=O) groups is 1. The van der Waals surface area contributed by atoms with Crippen LogP contribution in [0.15, 0.2) is 71.8 Å². The second-order valence-electron chi connectivity index (χ2n) is 6.45. The summed E-state index contributed by atoms with van der Waals surface area (Å²) in [4.78, 5) is 25.0. The highest BCUT2D eigenvalue weighted by molar-refractivity contribution is 5.75. The summed E-state index contributed by atoms with van der Waals surface area (Å²) in [6.07, 6.45) is 1.43. The van der Waals surface area contributed by atoms with Gasteiger partial charge in [0.05, 0.1) is 12.8 Å². The summed E-state index contributed by atoms with van der Waals surface area (Å²) in [7, 11) is 1.59. The number of hydrogen-bond donors (Lipinski definition) is 1. The molecule has 1 N–H and O–H groups in total. The first-order valence-electron chi connectivity index (χ1n) is 9.04. The van der Waals surface area contributed by atoms with Gasteiger partial charge in [0.25, 0.3) is 5.56 Å². The van der Waals surface area contributed by atoms with Gasteiger partial charge in [-0.15, -0.1) is 0 Å². The molecule has 8 heteroatoms. The van der Waals surface area contributed by atoms with Crippen LogP contribution in [0.1, 0.15) is 5.56 Å². The standard InChI is InChI=1S/C21H19N5O3/c1-29-17-9-5-6-15(10-17)12-22-20(27)13-25-21(28)19-11-18(24-26(19)14-23-25)16-7-3-2-4-8-16/h2-11,14H,12-13H2,1H3,(H,22,27). The Labute approximate surface area is 166 Å². The van der Waals surface area contributed by atoms with Gasteiger partial charge in [0, 0.05) is 12.1 Å². The van der Waals surface area contributed by atoms with E-state index in [0.29, 0.717) is 17.8 Å². The number of methoxy groups -OCH3 is 1. The van der Waals surface area contributed by atoms with Crippen molar-refractivity contribution in [2.24, 2.45) is 0 Å². The van der Waals surface area contributed by atoms with Gasteiger partial charge in [0.15, 0.2) is 0 Å². The maximum atomic E-state index is 12.7. The minimum absolute atomic E-state index is 0.175. The number of aromatic nitrogens is 4. The van der Waals surface area contributed by atoms with Crippen molar-refractivity contribution in [2.75, 3.05) is 7.11 Å². The second kappa shape index (κ2) is 7.97. The van der Waals surface area contributed by atoms with Crippen molar-refractivity contribution in [1.82, 2.24) is 24.7 Å². The molecule has 1 amide bonds. The molecular weight excluding hydrogens is 370 g/mol. The largest absolute Gasteiger partial charge is 0.497 e. The lowest BCUT2D eigenvalue weighted by atomic mass is 10.1. The lowest BCUT2D eigenvalue weighted by molar-refractivity contribution is -0.122. The van der Waals surface area contributed by atoms with Crippen molar-refractivity contribution < 1.29 is 9.53 Å². The predicted molar refractivity (Wildman–Crippen MR) is 108 cm³/mol. The molecule has 0 fully saturated rings. The molecule has 0 saturated heterocycles. The van der Waals surface area contributed by atoms with Gasteiger partial charge in [0.1, 0.15) is 24.1 Å². The van der Waals surface area contributed by atoms with Gasteiger partial charge in [0.2, 0.25) is 5.91 Å². The molecule has 0 bridgehead atoms. The molecule has 0 aliphatic rings. The fourth-order valence-corrected chi connectivity index (χ4v) is 2.98. The highest BCUT2D eigenvalue weighted by atomic mass is 16.5. The average molecular weight is 389 g/mol. The summed E-state index contributed by atoms with van der Waals surface area (Å²) < 4.78 is 7.73. The second-order valence-corrected chi connectivity index (χ2v) is 6.45. The highest BCUT2D eigenvalue weighted by Gasteiger charge is 2.12. The van der Waals surface area contributed by atoms with Gasteiger partial charge in [-0.25, -0.2) is 9.20 Å². The molecule has 2 heterocycles. The summed E-state index contributed by atoms with van der Waals surface area (Å²) in [5.41, 5.74) is 2.46. The van der Waals surface area contributed by atoms with E-state index in [2.05, 4.69) is 15.5 Å². The van der Waals surface area contributed by atoms with Crippen LogP contribution in [-0.4, -0.2) is 32.4 Å². The Bertz CT molecular complexity index is 1210. The van der Waals surface area contributed by atoms with E-state index >= 15 is 0 Å². The van der Waals surface area contributed by atoms with Crippen LogP contribution in [0.25, 0.3) is 16.8 Å². The van der Waals surface area contributed by atoms with Crippen LogP contribution in [0.2, 0.25) is 0 Å². The molecule has 2 aromatic heterocycles. The van der Waals surface area contributed by atoms with Crippen LogP contribution in [0.3, 0.4) is 0 Å². The minimum Gasteiger partial charge on any atom is -0.497 e. The molecule has 0 spiro atoms. The zero-order valence-electron chi connectivity index (χ0n) is 15.8. The minimum atomic E-state index is -0.376. The number of hydrogen-bond acceptors (Lipinski definition) is 5. The molecule has 29 heavy (non-hydrogen) atoms. The molecular formula is C21H19N5O3. The monoisotopic (exact) mass is 389 g/mol. The molecule has 146 valence electrons. The Morgan fingerprint density at radius 2 is 1.93 bits per heavy atom. The smallest absolute Gasteiger partial charge is 0.293 e. The third-order valence-corrected chi connectivity index (χ3v) is 4.48. The summed E-state index contributed by atoms with van der Waals surface area (Å²) in [6, 6.07) is 18.7. The lowest BCUT2D eigenvalue weighted by Crippen LogP contribution is -2.34. The third-order valence-electron chi connectivity index (χ3n) is 4.48. The maximum Gasteiger partial charge on any atom is 0.293 e. The quantitative estimate of drug-likeness (QED) is 0.544. The fourth-order valence-electron chi connectivity index (χ4n) is 2.98. The molecule has 4 rings (SSSR count). The van der Waals surface area contributed by atoms with Crippen LogP contribution >= 0.6 is 0 Å². The van der Waals surface area contributed by atoms with Crippen molar-refractivity contribution in [3.8, 4) is 17.0 Å². The molecule has 0 radical (unpaired) electrons. The number of rotatable bonds is 6. The number of benzene rings is 2. The van der Waals surface area contributed by atoms with Crippen LogP contribution in [0, 0.1) is 0 Å². The molecule has 8 nitrogen and oxygen atoms in total. The van der Waals surface area contributed by atoms with E-state index in [1.807, 2.05) is 54.6 Å². The van der Waals surface area contributed by atoms with E-state index in [1.165, 1.54) is 10.8 Å². The topological polar surface area (TPSA) is 90.5 Å². The van der Waals surface area contributed by atoms with Gasteiger partial charge in [-0.1, -0.05) is 42.5 Å². The Balaban J connectivity index is 1.49. The van der Waals surface area contributed by atoms with Crippen LogP contribution in [0.4, 0.5) is 0 Å². The van der Waals surface area contributed by atoms with Gasteiger partial charge in [-0.05, 0) is 23.8 Å². The Hall–Kier alpha value is -3.94. The van der Waals surface area contributed by atoms with Crippen molar-refractivity contribution in [3.63, 3.8) is 0 Å². The molecule has 0 aliphatic heterocycles. The van der Waals surface area contributed by atoms with E-state index in [4.69, 9.17) is 4.74 Å². The van der Waals surface area contributed by atoms with Gasteiger partial charge in [-0.3, -0.25) is 9.59 Å². The number of nitrogens with one attached hydrogen (secondary N) is 1. The Morgan fingerprint density at radius 1 is 1.10 bits per heavy atom. The highest BCUT2D eigenvalue weighted by Crippen LogP contribution is 2.17. The number of carbonyl (C=O) groups excluding carboxylic acids is 1. The zero-order valence-corrected chi connectivity index (χ0v) is 15.8. The van der Waals surface area contributed by atoms with Crippen LogP contribution in [0.5, 0.6) is 5.75 Å². The SMILES string of the molecule is COc1cccc(CNC(=O)Cn2ncn3nc(-c4ccccc4)cc3c2=O)c1. The van der Waals surface area contributed by atoms with E-state index in [9.17, 15) is 9.59 Å². The Kier molecular flexibility index (Phi) is 5.07. The molecule has 0 unspecified atom stereocenters. The van der Waals surface area contributed by atoms with Crippen molar-refractivity contribution in [3.05, 3.63) is 82.9 Å². The fraction of sp³-hybridized carbons (Fsp3) is 0.143. The average Bonchev–Trinajstić information content (AvgIpc) is 3.20. The first-order chi connectivity index (χ1) is 14.1. The van der Waals surface area contributed by atoms with Crippen molar-refractivity contribution >= 4 is 11.4 Å². The van der Waals surface area contributed by atoms with Gasteiger partial charge in [-0.2, -0.15) is 10.2 Å². The molecule has 2 aromatic carbocycles. The molecule has 0 atom stereocenters. The summed E-state index contributed by atoms with van der Waals surface area (Å²) >= 11 is 0. The first-order valence-corrected chi connectivity index (χ1v) is 9.04. The molecule has 0 aliphatic carbocycles. The number of nitrogens with zero attached hydrogens (tertiary/aromatic N) is 4. The van der Waals surface area contributed by atoms with Crippen LogP contribution < -0.4 is 15.6 Å². The first kappa shape index (κ1) is 18.4. The third kappa shape index (κ3) is 4.01. The summed E-state index contributed by atoms with van der Waals surface area (Å²) in [6.45, 7) is 0.156. The van der Waals surface area contributed by atoms with Crippen molar-refractivity contribution in [1.29, 1.82) is 0 Å². The number of fused-ring (bicyclic) bond motifs is 1.